The monoisotopic (exact) mass is 515 g/mol. The molecule has 1 heterocycles. The first-order valence-corrected chi connectivity index (χ1v) is 10.7. The lowest BCUT2D eigenvalue weighted by Crippen LogP contribution is -2.23. The quantitative estimate of drug-likeness (QED) is 0.339. The number of nitrogens with one attached hydrogen (secondary N) is 3. The second kappa shape index (κ2) is 10.8. The normalized spacial score (nSPS) is 10.5. The van der Waals surface area contributed by atoms with Gasteiger partial charge in [-0.1, -0.05) is 46.4 Å². The molecule has 0 aliphatic rings. The zero-order valence-electron chi connectivity index (χ0n) is 16.6. The molecule has 3 rings (SSSR count). The Kier molecular flexibility index (Phi) is 8.09. The molecule has 3 aromatic rings. The zero-order valence-corrected chi connectivity index (χ0v) is 19.6. The van der Waals surface area contributed by atoms with E-state index >= 15 is 0 Å². The van der Waals surface area contributed by atoms with Gasteiger partial charge in [0.2, 0.25) is 0 Å². The van der Waals surface area contributed by atoms with Crippen molar-refractivity contribution in [2.24, 2.45) is 0 Å². The first kappa shape index (κ1) is 24.0. The minimum absolute atomic E-state index is 0.0352. The van der Waals surface area contributed by atoms with Gasteiger partial charge >= 0.3 is 12.1 Å². The lowest BCUT2D eigenvalue weighted by atomic mass is 10.3. The number of imidazole rings is 1. The van der Waals surface area contributed by atoms with Crippen LogP contribution in [0.15, 0.2) is 42.6 Å². The molecule has 1 aromatic heterocycles. The van der Waals surface area contributed by atoms with E-state index in [-0.39, 0.29) is 13.2 Å². The van der Waals surface area contributed by atoms with Crippen molar-refractivity contribution < 1.29 is 14.3 Å². The third-order valence-corrected chi connectivity index (χ3v) is 5.67. The van der Waals surface area contributed by atoms with Crippen LogP contribution in [0.4, 0.5) is 26.8 Å². The van der Waals surface area contributed by atoms with Gasteiger partial charge in [0.15, 0.2) is 0 Å². The molecule has 168 valence electrons. The number of halogens is 4. The average Bonchev–Trinajstić information content (AvgIpc) is 3.07. The molecule has 0 unspecified atom stereocenters. The largest absolute Gasteiger partial charge is 0.447 e. The Hall–Kier alpha value is -2.65. The van der Waals surface area contributed by atoms with Crippen molar-refractivity contribution in [2.45, 2.75) is 13.5 Å². The summed E-state index contributed by atoms with van der Waals surface area (Å²) in [7, 11) is 0. The van der Waals surface area contributed by atoms with E-state index in [1.54, 1.807) is 35.8 Å². The van der Waals surface area contributed by atoms with E-state index in [1.807, 2.05) is 0 Å². The van der Waals surface area contributed by atoms with Gasteiger partial charge in [0.05, 0.1) is 32.8 Å². The number of aromatic nitrogens is 2. The minimum Gasteiger partial charge on any atom is -0.447 e. The molecular formula is C20H17Cl4N5O3. The fourth-order valence-corrected chi connectivity index (χ4v) is 3.26. The summed E-state index contributed by atoms with van der Waals surface area (Å²) in [4.78, 5) is 28.5. The van der Waals surface area contributed by atoms with Gasteiger partial charge in [-0.3, -0.25) is 10.6 Å². The maximum absolute atomic E-state index is 12.3. The van der Waals surface area contributed by atoms with Gasteiger partial charge in [0, 0.05) is 11.4 Å². The number of carbonyl (C=O) groups is 2. The number of nitrogens with zero attached hydrogens (tertiary/aromatic N) is 2. The fourth-order valence-electron chi connectivity index (χ4n) is 2.66. The topological polar surface area (TPSA) is 97.3 Å². The van der Waals surface area contributed by atoms with Crippen molar-refractivity contribution in [3.8, 4) is 0 Å². The summed E-state index contributed by atoms with van der Waals surface area (Å²) in [6.07, 6.45) is 0.840. The number of hydrogen-bond acceptors (Lipinski definition) is 4. The standard InChI is InChI=1S/C20H17Cl4N5O3/c1-11-25-10-18(28-19(30)26-12-2-4-14(21)16(23)8-12)29(11)6-7-32-20(31)27-13-3-5-15(22)17(24)9-13/h2-5,8-10H,6-7H2,1H3,(H,27,31)(H2,26,28,30). The number of urea groups is 1. The van der Waals surface area contributed by atoms with Gasteiger partial charge in [-0.2, -0.15) is 0 Å². The van der Waals surface area contributed by atoms with Crippen LogP contribution in [-0.2, 0) is 11.3 Å². The number of amides is 3. The van der Waals surface area contributed by atoms with Crippen molar-refractivity contribution in [1.82, 2.24) is 9.55 Å². The Morgan fingerprint density at radius 2 is 1.50 bits per heavy atom. The molecule has 3 N–H and O–H groups in total. The highest BCUT2D eigenvalue weighted by atomic mass is 35.5. The Labute approximate surface area is 203 Å². The van der Waals surface area contributed by atoms with Crippen LogP contribution in [0.3, 0.4) is 0 Å². The van der Waals surface area contributed by atoms with Crippen LogP contribution in [0.5, 0.6) is 0 Å². The lowest BCUT2D eigenvalue weighted by molar-refractivity contribution is 0.157. The summed E-state index contributed by atoms with van der Waals surface area (Å²) in [5, 5.41) is 9.31. The van der Waals surface area contributed by atoms with Crippen LogP contribution in [0.2, 0.25) is 20.1 Å². The second-order valence-electron chi connectivity index (χ2n) is 6.44. The number of carbonyl (C=O) groups excluding carboxylic acids is 2. The average molecular weight is 517 g/mol. The van der Waals surface area contributed by atoms with Crippen LogP contribution >= 0.6 is 46.4 Å². The van der Waals surface area contributed by atoms with Gasteiger partial charge in [-0.05, 0) is 43.3 Å². The van der Waals surface area contributed by atoms with E-state index in [0.29, 0.717) is 43.1 Å². The molecule has 0 spiro atoms. The van der Waals surface area contributed by atoms with Crippen molar-refractivity contribution in [3.63, 3.8) is 0 Å². The second-order valence-corrected chi connectivity index (χ2v) is 8.07. The highest BCUT2D eigenvalue weighted by molar-refractivity contribution is 6.42. The molecule has 0 fully saturated rings. The van der Waals surface area contributed by atoms with E-state index in [4.69, 9.17) is 51.1 Å². The van der Waals surface area contributed by atoms with Gasteiger partial charge in [0.25, 0.3) is 0 Å². The lowest BCUT2D eigenvalue weighted by Gasteiger charge is -2.13. The molecule has 0 saturated heterocycles. The number of hydrogen-bond donors (Lipinski definition) is 3. The van der Waals surface area contributed by atoms with Crippen molar-refractivity contribution in [2.75, 3.05) is 22.6 Å². The predicted molar refractivity (Wildman–Crippen MR) is 128 cm³/mol. The van der Waals surface area contributed by atoms with E-state index in [0.717, 1.165) is 0 Å². The van der Waals surface area contributed by atoms with Crippen molar-refractivity contribution in [1.29, 1.82) is 0 Å². The van der Waals surface area contributed by atoms with Gasteiger partial charge in [-0.15, -0.1) is 0 Å². The molecule has 3 amide bonds. The SMILES string of the molecule is Cc1ncc(NC(=O)Nc2ccc(Cl)c(Cl)c2)n1CCOC(=O)Nc1ccc(Cl)c(Cl)c1. The Bertz CT molecular complexity index is 1150. The molecular weight excluding hydrogens is 500 g/mol. The Morgan fingerprint density at radius 1 is 0.906 bits per heavy atom. The maximum Gasteiger partial charge on any atom is 0.411 e. The Balaban J connectivity index is 1.53. The van der Waals surface area contributed by atoms with Crippen LogP contribution in [0, 0.1) is 6.92 Å². The number of aryl methyl sites for hydroxylation is 1. The van der Waals surface area contributed by atoms with Crippen molar-refractivity contribution in [3.05, 3.63) is 68.5 Å². The number of rotatable bonds is 6. The summed E-state index contributed by atoms with van der Waals surface area (Å²) in [5.41, 5.74) is 0.923. The summed E-state index contributed by atoms with van der Waals surface area (Å²) in [6.45, 7) is 2.06. The third-order valence-electron chi connectivity index (χ3n) is 4.19. The molecule has 32 heavy (non-hydrogen) atoms. The van der Waals surface area contributed by atoms with Crippen LogP contribution in [0.1, 0.15) is 5.82 Å². The maximum atomic E-state index is 12.3. The molecule has 0 bridgehead atoms. The number of anilines is 3. The summed E-state index contributed by atoms with van der Waals surface area (Å²) in [6, 6.07) is 8.92. The molecule has 0 saturated carbocycles. The fraction of sp³-hybridized carbons (Fsp3) is 0.150. The molecule has 0 aliphatic carbocycles. The van der Waals surface area contributed by atoms with Crippen LogP contribution in [-0.4, -0.2) is 28.3 Å². The molecule has 8 nitrogen and oxygen atoms in total. The van der Waals surface area contributed by atoms with Crippen LogP contribution in [0.25, 0.3) is 0 Å². The van der Waals surface area contributed by atoms with Crippen LogP contribution < -0.4 is 16.0 Å². The summed E-state index contributed by atoms with van der Waals surface area (Å²) in [5.74, 6) is 1.05. The first-order valence-electron chi connectivity index (χ1n) is 9.17. The van der Waals surface area contributed by atoms with E-state index in [9.17, 15) is 9.59 Å². The first-order chi connectivity index (χ1) is 15.2. The summed E-state index contributed by atoms with van der Waals surface area (Å²) >= 11 is 23.6. The van der Waals surface area contributed by atoms with E-state index in [2.05, 4.69) is 20.9 Å². The molecule has 0 atom stereocenters. The zero-order chi connectivity index (χ0) is 23.3. The number of benzene rings is 2. The molecule has 2 aromatic carbocycles. The van der Waals surface area contributed by atoms with E-state index < -0.39 is 12.1 Å². The third kappa shape index (κ3) is 6.43. The highest BCUT2D eigenvalue weighted by Gasteiger charge is 2.12. The number of ether oxygens (including phenoxy) is 1. The molecule has 12 heteroatoms. The van der Waals surface area contributed by atoms with Gasteiger partial charge < -0.3 is 14.6 Å². The van der Waals surface area contributed by atoms with E-state index in [1.165, 1.54) is 18.3 Å². The molecule has 0 aliphatic heterocycles. The summed E-state index contributed by atoms with van der Waals surface area (Å²) < 4.78 is 6.89. The van der Waals surface area contributed by atoms with Crippen molar-refractivity contribution >= 4 is 75.7 Å². The molecule has 0 radical (unpaired) electrons. The smallest absolute Gasteiger partial charge is 0.411 e. The highest BCUT2D eigenvalue weighted by Crippen LogP contribution is 2.26. The van der Waals surface area contributed by atoms with Gasteiger partial charge in [0.1, 0.15) is 18.2 Å². The predicted octanol–water partition coefficient (Wildman–Crippen LogP) is 6.70. The minimum atomic E-state index is -0.659. The Morgan fingerprint density at radius 3 is 2.09 bits per heavy atom. The van der Waals surface area contributed by atoms with Gasteiger partial charge in [-0.25, -0.2) is 14.6 Å².